The average Bonchev–Trinajstić information content (AvgIpc) is 2.44. The fraction of sp³-hybridized carbons (Fsp3) is 0.357. The largest absolute Gasteiger partial charge is 0.351 e. The van der Waals surface area contributed by atoms with Gasteiger partial charge in [0, 0.05) is 24.5 Å². The highest BCUT2D eigenvalue weighted by atomic mass is 16.1. The van der Waals surface area contributed by atoms with Gasteiger partial charge in [-0.1, -0.05) is 13.8 Å². The second kappa shape index (κ2) is 5.32. The van der Waals surface area contributed by atoms with Crippen LogP contribution in [-0.4, -0.2) is 29.0 Å². The molecule has 0 aliphatic heterocycles. The van der Waals surface area contributed by atoms with Gasteiger partial charge in [0.2, 0.25) is 0 Å². The Labute approximate surface area is 112 Å². The number of hydrogen-bond donors (Lipinski definition) is 2. The van der Waals surface area contributed by atoms with Gasteiger partial charge in [0.05, 0.1) is 11.0 Å². The summed E-state index contributed by atoms with van der Waals surface area (Å²) in [6.07, 6.45) is 3.24. The minimum Gasteiger partial charge on any atom is -0.351 e. The molecule has 1 aromatic carbocycles. The van der Waals surface area contributed by atoms with E-state index in [1.807, 2.05) is 13.8 Å². The third-order valence-electron chi connectivity index (χ3n) is 3.01. The van der Waals surface area contributed by atoms with E-state index in [9.17, 15) is 4.79 Å². The van der Waals surface area contributed by atoms with Crippen LogP contribution in [-0.2, 0) is 0 Å². The van der Waals surface area contributed by atoms with Crippen LogP contribution in [0.1, 0.15) is 24.2 Å². The summed E-state index contributed by atoms with van der Waals surface area (Å²) in [5.41, 5.74) is 7.61. The number of aromatic nitrogens is 2. The van der Waals surface area contributed by atoms with Gasteiger partial charge in [0.25, 0.3) is 5.91 Å². The molecule has 0 atom stereocenters. The van der Waals surface area contributed by atoms with Crippen molar-refractivity contribution in [2.24, 2.45) is 11.1 Å². The molecule has 1 aromatic heterocycles. The molecule has 0 spiro atoms. The number of nitrogens with one attached hydrogen (secondary N) is 1. The Morgan fingerprint density at radius 2 is 1.95 bits per heavy atom. The summed E-state index contributed by atoms with van der Waals surface area (Å²) in [4.78, 5) is 20.4. The lowest BCUT2D eigenvalue weighted by Gasteiger charge is -2.22. The summed E-state index contributed by atoms with van der Waals surface area (Å²) in [7, 11) is 0. The molecule has 0 aliphatic rings. The molecule has 0 saturated heterocycles. The van der Waals surface area contributed by atoms with Gasteiger partial charge in [0.1, 0.15) is 0 Å². The standard InChI is InChI=1S/C14H18N4O/c1-14(2,8-15)9-18-13(19)10-3-4-11-12(7-10)17-6-5-16-11/h3-7H,8-9,15H2,1-2H3,(H,18,19). The van der Waals surface area contributed by atoms with Gasteiger partial charge in [-0.15, -0.1) is 0 Å². The quantitative estimate of drug-likeness (QED) is 0.867. The van der Waals surface area contributed by atoms with E-state index in [0.29, 0.717) is 24.2 Å². The van der Waals surface area contributed by atoms with Crippen molar-refractivity contribution in [3.63, 3.8) is 0 Å². The van der Waals surface area contributed by atoms with Crippen LogP contribution in [0.4, 0.5) is 0 Å². The predicted molar refractivity (Wildman–Crippen MR) is 74.7 cm³/mol. The number of carbonyl (C=O) groups is 1. The molecule has 19 heavy (non-hydrogen) atoms. The molecule has 2 rings (SSSR count). The van der Waals surface area contributed by atoms with Gasteiger partial charge < -0.3 is 11.1 Å². The zero-order chi connectivity index (χ0) is 13.9. The first-order valence-electron chi connectivity index (χ1n) is 6.21. The maximum atomic E-state index is 12.1. The molecular formula is C14H18N4O. The minimum atomic E-state index is -0.117. The number of benzene rings is 1. The maximum Gasteiger partial charge on any atom is 0.251 e. The Morgan fingerprint density at radius 1 is 1.26 bits per heavy atom. The fourth-order valence-corrected chi connectivity index (χ4v) is 1.60. The lowest BCUT2D eigenvalue weighted by Crippen LogP contribution is -2.38. The lowest BCUT2D eigenvalue weighted by atomic mass is 9.94. The number of fused-ring (bicyclic) bond motifs is 1. The average molecular weight is 258 g/mol. The van der Waals surface area contributed by atoms with Crippen molar-refractivity contribution in [2.75, 3.05) is 13.1 Å². The van der Waals surface area contributed by atoms with Crippen LogP contribution in [0.25, 0.3) is 11.0 Å². The van der Waals surface area contributed by atoms with Crippen molar-refractivity contribution in [3.05, 3.63) is 36.2 Å². The topological polar surface area (TPSA) is 80.9 Å². The van der Waals surface area contributed by atoms with Crippen LogP contribution in [0.2, 0.25) is 0 Å². The first kappa shape index (κ1) is 13.4. The fourth-order valence-electron chi connectivity index (χ4n) is 1.60. The zero-order valence-corrected chi connectivity index (χ0v) is 11.2. The molecular weight excluding hydrogens is 240 g/mol. The van der Waals surface area contributed by atoms with Crippen molar-refractivity contribution >= 4 is 16.9 Å². The molecule has 3 N–H and O–H groups in total. The van der Waals surface area contributed by atoms with Gasteiger partial charge in [-0.05, 0) is 30.2 Å². The highest BCUT2D eigenvalue weighted by Gasteiger charge is 2.17. The van der Waals surface area contributed by atoms with Crippen molar-refractivity contribution in [1.29, 1.82) is 0 Å². The predicted octanol–water partition coefficient (Wildman–Crippen LogP) is 1.34. The summed E-state index contributed by atoms with van der Waals surface area (Å²) < 4.78 is 0. The molecule has 0 radical (unpaired) electrons. The molecule has 0 bridgehead atoms. The summed E-state index contributed by atoms with van der Waals surface area (Å²) in [6, 6.07) is 5.29. The van der Waals surface area contributed by atoms with E-state index in [0.717, 1.165) is 5.52 Å². The van der Waals surface area contributed by atoms with E-state index in [2.05, 4.69) is 15.3 Å². The third-order valence-corrected chi connectivity index (χ3v) is 3.01. The summed E-state index contributed by atoms with van der Waals surface area (Å²) in [5.74, 6) is -0.117. The Bertz CT molecular complexity index is 595. The van der Waals surface area contributed by atoms with Crippen LogP contribution >= 0.6 is 0 Å². The highest BCUT2D eigenvalue weighted by Crippen LogP contribution is 2.13. The van der Waals surface area contributed by atoms with E-state index in [-0.39, 0.29) is 11.3 Å². The van der Waals surface area contributed by atoms with Gasteiger partial charge >= 0.3 is 0 Å². The van der Waals surface area contributed by atoms with E-state index >= 15 is 0 Å². The first-order valence-corrected chi connectivity index (χ1v) is 6.21. The van der Waals surface area contributed by atoms with E-state index < -0.39 is 0 Å². The Kier molecular flexibility index (Phi) is 3.76. The smallest absolute Gasteiger partial charge is 0.251 e. The summed E-state index contributed by atoms with van der Waals surface area (Å²) >= 11 is 0. The Balaban J connectivity index is 2.13. The van der Waals surface area contributed by atoms with Gasteiger partial charge in [-0.25, -0.2) is 0 Å². The molecule has 5 heteroatoms. The number of nitrogens with zero attached hydrogens (tertiary/aromatic N) is 2. The zero-order valence-electron chi connectivity index (χ0n) is 11.2. The van der Waals surface area contributed by atoms with Crippen LogP contribution < -0.4 is 11.1 Å². The second-order valence-corrected chi connectivity index (χ2v) is 5.31. The first-order chi connectivity index (χ1) is 9.02. The maximum absolute atomic E-state index is 12.1. The van der Waals surface area contributed by atoms with Gasteiger partial charge in [0.15, 0.2) is 0 Å². The Morgan fingerprint density at radius 3 is 2.63 bits per heavy atom. The van der Waals surface area contributed by atoms with Crippen molar-refractivity contribution < 1.29 is 4.79 Å². The normalized spacial score (nSPS) is 11.5. The molecule has 5 nitrogen and oxygen atoms in total. The van der Waals surface area contributed by atoms with E-state index in [4.69, 9.17) is 5.73 Å². The molecule has 100 valence electrons. The molecule has 0 fully saturated rings. The van der Waals surface area contributed by atoms with Crippen LogP contribution in [0.5, 0.6) is 0 Å². The highest BCUT2D eigenvalue weighted by molar-refractivity contribution is 5.97. The van der Waals surface area contributed by atoms with Gasteiger partial charge in [-0.2, -0.15) is 0 Å². The molecule has 1 amide bonds. The van der Waals surface area contributed by atoms with E-state index in [1.165, 1.54) is 0 Å². The van der Waals surface area contributed by atoms with E-state index in [1.54, 1.807) is 30.6 Å². The van der Waals surface area contributed by atoms with Crippen molar-refractivity contribution in [1.82, 2.24) is 15.3 Å². The molecule has 0 aliphatic carbocycles. The van der Waals surface area contributed by atoms with Crippen LogP contribution in [0.15, 0.2) is 30.6 Å². The number of amides is 1. The number of carbonyl (C=O) groups excluding carboxylic acids is 1. The number of rotatable bonds is 4. The molecule has 2 aromatic rings. The van der Waals surface area contributed by atoms with Crippen LogP contribution in [0, 0.1) is 5.41 Å². The van der Waals surface area contributed by atoms with Crippen molar-refractivity contribution in [3.8, 4) is 0 Å². The Hall–Kier alpha value is -2.01. The summed E-state index contributed by atoms with van der Waals surface area (Å²) in [5, 5.41) is 2.89. The monoisotopic (exact) mass is 258 g/mol. The van der Waals surface area contributed by atoms with Gasteiger partial charge in [-0.3, -0.25) is 14.8 Å². The number of hydrogen-bond acceptors (Lipinski definition) is 4. The molecule has 0 saturated carbocycles. The number of nitrogens with two attached hydrogens (primary N) is 1. The minimum absolute atomic E-state index is 0.105. The van der Waals surface area contributed by atoms with Crippen molar-refractivity contribution in [2.45, 2.75) is 13.8 Å². The second-order valence-electron chi connectivity index (χ2n) is 5.31. The third kappa shape index (κ3) is 3.26. The summed E-state index contributed by atoms with van der Waals surface area (Å²) in [6.45, 7) is 5.09. The SMILES string of the molecule is CC(C)(CN)CNC(=O)c1ccc2nccnc2c1. The molecule has 0 unspecified atom stereocenters. The van der Waals surface area contributed by atoms with Crippen LogP contribution in [0.3, 0.4) is 0 Å². The molecule has 1 heterocycles. The lowest BCUT2D eigenvalue weighted by molar-refractivity contribution is 0.0938.